The fourth-order valence-corrected chi connectivity index (χ4v) is 9.37. The Balaban J connectivity index is 2.49. The van der Waals surface area contributed by atoms with E-state index >= 15 is 0 Å². The molecule has 1 amide bonds. The standard InChI is InChI=1S/C54H87NO13/c1-35-18-16-20-51(58)68-54(41(7)53(66-15)37(3)23-26-46(57)39(5)47(63-12)19-17-27-55(8)34-56)38(4)22-25-43(60-9)32-48(64-13)36(2)21-24-44(61-10)33-49(65-14)40(6)50-30-42(31-52(59)67-50)29-45(28-35)62-11/h16-18,20-22,24-25,27,31,34,36-41,43-45,47-50,53-54H,19,23,26,28-30,32-33H2,1-15H3/b20-16-,24-21?,25-22?,27-17+,35-18+/t36-,37-,38-,39-,40+,41-,43?,44+,45+,47+,48?,49?,50+,53-,54-/m0/s1. The van der Waals surface area contributed by atoms with Crippen molar-refractivity contribution in [3.8, 4) is 0 Å². The topological polar surface area (TPSA) is 155 Å². The van der Waals surface area contributed by atoms with E-state index in [2.05, 4.69) is 19.9 Å². The molecule has 0 aromatic carbocycles. The monoisotopic (exact) mass is 958 g/mol. The van der Waals surface area contributed by atoms with Crippen molar-refractivity contribution < 1.29 is 61.8 Å². The van der Waals surface area contributed by atoms with Crippen LogP contribution >= 0.6 is 0 Å². The quantitative estimate of drug-likeness (QED) is 0.0691. The molecular formula is C54H87NO13. The van der Waals surface area contributed by atoms with E-state index in [-0.39, 0.29) is 96.1 Å². The Morgan fingerprint density at radius 3 is 2.00 bits per heavy atom. The van der Waals surface area contributed by atoms with Crippen molar-refractivity contribution in [2.45, 2.75) is 155 Å². The highest BCUT2D eigenvalue weighted by Crippen LogP contribution is 2.33. The predicted octanol–water partition coefficient (Wildman–Crippen LogP) is 8.59. The molecule has 3 unspecified atom stereocenters. The van der Waals surface area contributed by atoms with Gasteiger partial charge in [0.25, 0.3) is 0 Å². The highest BCUT2D eigenvalue weighted by Gasteiger charge is 2.37. The molecule has 0 aromatic rings. The fraction of sp³-hybridized carbons (Fsp3) is 0.704. The second kappa shape index (κ2) is 32.2. The SMILES string of the molecule is COC1C=C[C@H](C)[C@@H]([C@@H](C)[C@@H](OC)[C@@H](C)CCC(=O)[C@H](C)[C@@H](C/C=C/N(C)C=O)OC)OC(=O)/C=C\C=C(/C)C[C@@H](OC)CC2=CC(=O)O[C@H](C2)[C@H](C)C(OC)C[C@H](OC)C=C[C@H](C)C(OC)C1. The average molecular weight is 958 g/mol. The Morgan fingerprint density at radius 1 is 0.794 bits per heavy atom. The Hall–Kier alpha value is -3.76. The molecule has 15 atom stereocenters. The third kappa shape index (κ3) is 20.3. The van der Waals surface area contributed by atoms with Crippen LogP contribution in [0.25, 0.3) is 0 Å². The van der Waals surface area contributed by atoms with Gasteiger partial charge in [0.2, 0.25) is 6.41 Å². The molecular weight excluding hydrogens is 871 g/mol. The molecule has 386 valence electrons. The van der Waals surface area contributed by atoms with Crippen LogP contribution in [0.15, 0.2) is 72.0 Å². The van der Waals surface area contributed by atoms with E-state index in [9.17, 15) is 19.2 Å². The molecule has 2 rings (SSSR count). The van der Waals surface area contributed by atoms with Crippen LogP contribution in [0.3, 0.4) is 0 Å². The summed E-state index contributed by atoms with van der Waals surface area (Å²) < 4.78 is 53.8. The number of hydrogen-bond donors (Lipinski definition) is 0. The molecule has 14 nitrogen and oxygen atoms in total. The van der Waals surface area contributed by atoms with Gasteiger partial charge in [-0.25, -0.2) is 9.59 Å². The van der Waals surface area contributed by atoms with Crippen LogP contribution in [0.4, 0.5) is 0 Å². The van der Waals surface area contributed by atoms with Crippen molar-refractivity contribution in [1.82, 2.24) is 4.90 Å². The van der Waals surface area contributed by atoms with Crippen LogP contribution < -0.4 is 0 Å². The Labute approximate surface area is 408 Å². The lowest BCUT2D eigenvalue weighted by atomic mass is 9.81. The minimum absolute atomic E-state index is 0.0107. The minimum atomic E-state index is -0.609. The van der Waals surface area contributed by atoms with Crippen molar-refractivity contribution in [1.29, 1.82) is 0 Å². The second-order valence-electron chi connectivity index (χ2n) is 18.9. The van der Waals surface area contributed by atoms with Crippen LogP contribution in [0, 0.1) is 35.5 Å². The van der Waals surface area contributed by atoms with Gasteiger partial charge < -0.3 is 47.5 Å². The van der Waals surface area contributed by atoms with E-state index in [4.69, 9.17) is 42.6 Å². The molecule has 0 spiro atoms. The smallest absolute Gasteiger partial charge is 0.331 e. The van der Waals surface area contributed by atoms with Crippen molar-refractivity contribution in [3.63, 3.8) is 0 Å². The molecule has 68 heavy (non-hydrogen) atoms. The molecule has 0 radical (unpaired) electrons. The molecule has 2 aliphatic heterocycles. The summed E-state index contributed by atoms with van der Waals surface area (Å²) in [7, 11) is 13.3. The number of ether oxygens (including phenoxy) is 9. The maximum Gasteiger partial charge on any atom is 0.331 e. The maximum atomic E-state index is 13.7. The summed E-state index contributed by atoms with van der Waals surface area (Å²) >= 11 is 0. The largest absolute Gasteiger partial charge is 0.458 e. The first kappa shape index (κ1) is 60.4. The molecule has 2 bridgehead atoms. The van der Waals surface area contributed by atoms with Gasteiger partial charge in [-0.05, 0) is 38.5 Å². The van der Waals surface area contributed by atoms with Gasteiger partial charge in [-0.2, -0.15) is 0 Å². The Bertz CT molecular complexity index is 1700. The first-order valence-electron chi connectivity index (χ1n) is 24.3. The highest BCUT2D eigenvalue weighted by atomic mass is 16.6. The summed E-state index contributed by atoms with van der Waals surface area (Å²) in [5, 5.41) is 0. The summed E-state index contributed by atoms with van der Waals surface area (Å²) in [5.74, 6) is -1.91. The summed E-state index contributed by atoms with van der Waals surface area (Å²) in [6.45, 7) is 14.1. The minimum Gasteiger partial charge on any atom is -0.458 e. The summed E-state index contributed by atoms with van der Waals surface area (Å²) in [5.41, 5.74) is 1.93. The number of hydrogen-bond acceptors (Lipinski definition) is 13. The molecule has 14 heteroatoms. The van der Waals surface area contributed by atoms with Crippen molar-refractivity contribution in [2.24, 2.45) is 35.5 Å². The molecule has 0 aromatic heterocycles. The average Bonchev–Trinajstić information content (AvgIpc) is 3.32. The van der Waals surface area contributed by atoms with Crippen LogP contribution in [-0.2, 0) is 61.8 Å². The normalized spacial score (nSPS) is 31.0. The van der Waals surface area contributed by atoms with Gasteiger partial charge in [0.1, 0.15) is 18.0 Å². The highest BCUT2D eigenvalue weighted by molar-refractivity contribution is 5.84. The number of nitrogens with zero attached hydrogens (tertiary/aromatic N) is 1. The van der Waals surface area contributed by atoms with Gasteiger partial charge >= 0.3 is 11.9 Å². The number of allylic oxidation sites excluding steroid dienone is 2. The number of carbonyl (C=O) groups excluding carboxylic acids is 4. The van der Waals surface area contributed by atoms with Gasteiger partial charge in [0, 0.05) is 130 Å². The predicted molar refractivity (Wildman–Crippen MR) is 264 cm³/mol. The zero-order valence-electron chi connectivity index (χ0n) is 43.9. The van der Waals surface area contributed by atoms with Gasteiger partial charge in [0.05, 0.1) is 42.7 Å². The van der Waals surface area contributed by atoms with Crippen LogP contribution in [0.5, 0.6) is 0 Å². The third-order valence-electron chi connectivity index (χ3n) is 13.9. The third-order valence-corrected chi connectivity index (χ3v) is 13.9. The molecule has 2 heterocycles. The number of esters is 2. The van der Waals surface area contributed by atoms with Crippen LogP contribution in [-0.4, -0.2) is 141 Å². The molecule has 0 saturated heterocycles. The van der Waals surface area contributed by atoms with E-state index < -0.39 is 12.1 Å². The summed E-state index contributed by atoms with van der Waals surface area (Å²) in [6, 6.07) is 0. The first-order chi connectivity index (χ1) is 32.4. The molecule has 0 aliphatic carbocycles. The number of amides is 1. The van der Waals surface area contributed by atoms with Gasteiger partial charge in [-0.15, -0.1) is 0 Å². The number of rotatable bonds is 19. The number of Topliss-reactive ketones (excluding diaryl/α,β-unsaturated/α-hetero) is 1. The lowest BCUT2D eigenvalue weighted by Gasteiger charge is -2.35. The Kier molecular flexibility index (Phi) is 28.6. The zero-order valence-corrected chi connectivity index (χ0v) is 43.9. The maximum absolute atomic E-state index is 13.7. The van der Waals surface area contributed by atoms with Crippen LogP contribution in [0.2, 0.25) is 0 Å². The molecule has 0 fully saturated rings. The number of fused-ring (bicyclic) bond motifs is 2. The number of carbonyl (C=O) groups is 4. The van der Waals surface area contributed by atoms with E-state index in [1.807, 2.05) is 65.0 Å². The van der Waals surface area contributed by atoms with Gasteiger partial charge in [-0.3, -0.25) is 9.59 Å². The Morgan fingerprint density at radius 2 is 1.43 bits per heavy atom. The first-order valence-corrected chi connectivity index (χ1v) is 24.3. The number of cyclic esters (lactones) is 1. The van der Waals surface area contributed by atoms with Gasteiger partial charge in [-0.1, -0.05) is 95.2 Å². The lowest BCUT2D eigenvalue weighted by molar-refractivity contribution is -0.152. The van der Waals surface area contributed by atoms with Crippen molar-refractivity contribution in [2.75, 3.05) is 56.8 Å². The fourth-order valence-electron chi connectivity index (χ4n) is 9.37. The molecule has 2 aliphatic rings. The van der Waals surface area contributed by atoms with Crippen molar-refractivity contribution >= 4 is 24.1 Å². The number of ketones is 1. The van der Waals surface area contributed by atoms with E-state index in [1.54, 1.807) is 75.2 Å². The lowest BCUT2D eigenvalue weighted by Crippen LogP contribution is -2.41. The van der Waals surface area contributed by atoms with Gasteiger partial charge in [0.15, 0.2) is 0 Å². The summed E-state index contributed by atoms with van der Waals surface area (Å²) in [4.78, 5) is 52.5. The molecule has 0 N–H and O–H groups in total. The van der Waals surface area contributed by atoms with E-state index in [0.717, 1.165) is 11.1 Å². The van der Waals surface area contributed by atoms with E-state index in [0.29, 0.717) is 57.8 Å². The summed E-state index contributed by atoms with van der Waals surface area (Å²) in [6.07, 6.45) is 20.1. The van der Waals surface area contributed by atoms with Crippen molar-refractivity contribution in [3.05, 3.63) is 72.0 Å². The number of methoxy groups -OCH3 is 7. The van der Waals surface area contributed by atoms with E-state index in [1.165, 1.54) is 11.0 Å². The van der Waals surface area contributed by atoms with Crippen LogP contribution in [0.1, 0.15) is 99.8 Å². The second-order valence-corrected chi connectivity index (χ2v) is 18.9. The molecule has 0 saturated carbocycles. The zero-order chi connectivity index (χ0) is 50.9.